The molecule has 0 aliphatic heterocycles. The molecule has 0 spiro atoms. The number of rotatable bonds is 3. The average molecular weight is 254 g/mol. The van der Waals surface area contributed by atoms with Gasteiger partial charge in [0, 0.05) is 17.6 Å². The van der Waals surface area contributed by atoms with Crippen molar-refractivity contribution in [3.8, 4) is 0 Å². The van der Waals surface area contributed by atoms with Gasteiger partial charge in [-0.25, -0.2) is 8.78 Å². The van der Waals surface area contributed by atoms with Crippen molar-refractivity contribution in [2.45, 2.75) is 6.54 Å². The number of thiophene rings is 1. The van der Waals surface area contributed by atoms with Crippen LogP contribution in [0.2, 0.25) is 0 Å². The minimum absolute atomic E-state index is 0.0485. The maximum Gasteiger partial charge on any atom is 0.151 e. The lowest BCUT2D eigenvalue weighted by Crippen LogP contribution is -2.18. The van der Waals surface area contributed by atoms with Crippen molar-refractivity contribution in [2.24, 2.45) is 0 Å². The molecule has 0 saturated heterocycles. The van der Waals surface area contributed by atoms with Crippen molar-refractivity contribution < 1.29 is 8.78 Å². The Labute approximate surface area is 102 Å². The van der Waals surface area contributed by atoms with Crippen LogP contribution in [0, 0.1) is 11.6 Å². The molecule has 0 bridgehead atoms. The van der Waals surface area contributed by atoms with Crippen molar-refractivity contribution in [3.63, 3.8) is 0 Å². The van der Waals surface area contributed by atoms with Crippen LogP contribution in [0.3, 0.4) is 0 Å². The molecule has 1 aromatic carbocycles. The van der Waals surface area contributed by atoms with E-state index in [0.29, 0.717) is 6.54 Å². The van der Waals surface area contributed by atoms with Crippen molar-refractivity contribution in [3.05, 3.63) is 46.2 Å². The van der Waals surface area contributed by atoms with Crippen LogP contribution < -0.4 is 10.6 Å². The molecule has 0 amide bonds. The Morgan fingerprint density at radius 2 is 1.94 bits per heavy atom. The predicted molar refractivity (Wildman–Crippen MR) is 67.2 cm³/mol. The summed E-state index contributed by atoms with van der Waals surface area (Å²) in [6, 6.07) is 6.09. The van der Waals surface area contributed by atoms with Gasteiger partial charge in [0.15, 0.2) is 11.6 Å². The van der Waals surface area contributed by atoms with Crippen LogP contribution >= 0.6 is 11.3 Å². The van der Waals surface area contributed by atoms with Crippen molar-refractivity contribution in [1.82, 2.24) is 0 Å². The third kappa shape index (κ3) is 2.55. The van der Waals surface area contributed by atoms with Gasteiger partial charge in [0.25, 0.3) is 0 Å². The van der Waals surface area contributed by atoms with E-state index in [1.54, 1.807) is 18.4 Å². The van der Waals surface area contributed by atoms with Gasteiger partial charge in [-0.05, 0) is 23.6 Å². The summed E-state index contributed by atoms with van der Waals surface area (Å²) in [5.41, 5.74) is 5.41. The molecule has 0 aliphatic carbocycles. The van der Waals surface area contributed by atoms with E-state index in [9.17, 15) is 8.78 Å². The molecule has 0 radical (unpaired) electrons. The molecule has 2 N–H and O–H groups in total. The number of nitrogen functional groups attached to an aromatic ring is 1. The molecule has 0 atom stereocenters. The first-order valence-corrected chi connectivity index (χ1v) is 5.94. The van der Waals surface area contributed by atoms with Crippen LogP contribution in [0.4, 0.5) is 20.2 Å². The fourth-order valence-electron chi connectivity index (χ4n) is 1.67. The van der Waals surface area contributed by atoms with Gasteiger partial charge >= 0.3 is 0 Å². The first-order chi connectivity index (χ1) is 8.08. The van der Waals surface area contributed by atoms with Gasteiger partial charge in [-0.2, -0.15) is 0 Å². The van der Waals surface area contributed by atoms with E-state index in [-0.39, 0.29) is 11.4 Å². The smallest absolute Gasteiger partial charge is 0.151 e. The Kier molecular flexibility index (Phi) is 3.28. The maximum atomic E-state index is 13.6. The van der Waals surface area contributed by atoms with Crippen LogP contribution in [-0.2, 0) is 6.54 Å². The zero-order chi connectivity index (χ0) is 12.4. The van der Waals surface area contributed by atoms with Crippen molar-refractivity contribution in [2.75, 3.05) is 17.7 Å². The van der Waals surface area contributed by atoms with E-state index in [4.69, 9.17) is 5.73 Å². The van der Waals surface area contributed by atoms with Gasteiger partial charge in [0.1, 0.15) is 5.69 Å². The first kappa shape index (κ1) is 11.9. The minimum Gasteiger partial charge on any atom is -0.399 e. The molecular formula is C12H12F2N2S. The SMILES string of the molecule is CN(Cc1cccs1)c1c(F)cc(N)cc1F. The third-order valence-corrected chi connectivity index (χ3v) is 3.26. The lowest BCUT2D eigenvalue weighted by Gasteiger charge is -2.20. The molecule has 0 saturated carbocycles. The zero-order valence-electron chi connectivity index (χ0n) is 9.28. The fourth-order valence-corrected chi connectivity index (χ4v) is 2.42. The second-order valence-electron chi connectivity index (χ2n) is 3.77. The van der Waals surface area contributed by atoms with Crippen LogP contribution in [0.25, 0.3) is 0 Å². The number of hydrogen-bond acceptors (Lipinski definition) is 3. The fraction of sp³-hybridized carbons (Fsp3) is 0.167. The van der Waals surface area contributed by atoms with Crippen LogP contribution in [-0.4, -0.2) is 7.05 Å². The number of anilines is 2. The molecule has 17 heavy (non-hydrogen) atoms. The Bertz CT molecular complexity index is 488. The lowest BCUT2D eigenvalue weighted by atomic mass is 10.2. The van der Waals surface area contributed by atoms with E-state index >= 15 is 0 Å². The van der Waals surface area contributed by atoms with Crippen LogP contribution in [0.1, 0.15) is 4.88 Å². The molecule has 0 fully saturated rings. The van der Waals surface area contributed by atoms with Crippen molar-refractivity contribution in [1.29, 1.82) is 0 Å². The highest BCUT2D eigenvalue weighted by atomic mass is 32.1. The Morgan fingerprint density at radius 3 is 2.47 bits per heavy atom. The second kappa shape index (κ2) is 4.71. The summed E-state index contributed by atoms with van der Waals surface area (Å²) in [7, 11) is 1.65. The molecular weight excluding hydrogens is 242 g/mol. The zero-order valence-corrected chi connectivity index (χ0v) is 10.1. The normalized spacial score (nSPS) is 10.5. The van der Waals surface area contributed by atoms with Crippen LogP contribution in [0.15, 0.2) is 29.6 Å². The molecule has 2 rings (SSSR count). The van der Waals surface area contributed by atoms with Gasteiger partial charge in [-0.3, -0.25) is 0 Å². The largest absolute Gasteiger partial charge is 0.399 e. The van der Waals surface area contributed by atoms with Gasteiger partial charge in [-0.15, -0.1) is 11.3 Å². The van der Waals surface area contributed by atoms with E-state index in [1.807, 2.05) is 17.5 Å². The Hall–Kier alpha value is -1.62. The van der Waals surface area contributed by atoms with E-state index < -0.39 is 11.6 Å². The monoisotopic (exact) mass is 254 g/mol. The lowest BCUT2D eigenvalue weighted by molar-refractivity contribution is 0.578. The third-order valence-electron chi connectivity index (χ3n) is 2.39. The molecule has 1 heterocycles. The molecule has 5 heteroatoms. The highest BCUT2D eigenvalue weighted by Crippen LogP contribution is 2.26. The molecule has 0 aliphatic rings. The molecule has 0 unspecified atom stereocenters. The van der Waals surface area contributed by atoms with Gasteiger partial charge in [0.2, 0.25) is 0 Å². The quantitative estimate of drug-likeness (QED) is 0.852. The van der Waals surface area contributed by atoms with E-state index in [2.05, 4.69) is 0 Å². The standard InChI is InChI=1S/C12H12F2N2S/c1-16(7-9-3-2-4-17-9)12-10(13)5-8(15)6-11(12)14/h2-6H,7,15H2,1H3. The van der Waals surface area contributed by atoms with Gasteiger partial charge < -0.3 is 10.6 Å². The van der Waals surface area contributed by atoms with Gasteiger partial charge in [-0.1, -0.05) is 6.07 Å². The summed E-state index contributed by atoms with van der Waals surface area (Å²) in [5.74, 6) is -1.27. The molecule has 90 valence electrons. The topological polar surface area (TPSA) is 29.3 Å². The van der Waals surface area contributed by atoms with Crippen molar-refractivity contribution >= 4 is 22.7 Å². The summed E-state index contributed by atoms with van der Waals surface area (Å²) in [6.45, 7) is 0.468. The highest BCUT2D eigenvalue weighted by Gasteiger charge is 2.15. The summed E-state index contributed by atoms with van der Waals surface area (Å²) in [6.07, 6.45) is 0. The van der Waals surface area contributed by atoms with Crippen LogP contribution in [0.5, 0.6) is 0 Å². The van der Waals surface area contributed by atoms with Gasteiger partial charge in [0.05, 0.1) is 6.54 Å². The maximum absolute atomic E-state index is 13.6. The number of benzene rings is 1. The Morgan fingerprint density at radius 1 is 1.29 bits per heavy atom. The number of hydrogen-bond donors (Lipinski definition) is 1. The predicted octanol–water partition coefficient (Wildman–Crippen LogP) is 3.24. The molecule has 2 aromatic rings. The summed E-state index contributed by atoms with van der Waals surface area (Å²) >= 11 is 1.55. The average Bonchev–Trinajstić information content (AvgIpc) is 2.68. The minimum atomic E-state index is -0.637. The molecule has 2 nitrogen and oxygen atoms in total. The summed E-state index contributed by atoms with van der Waals surface area (Å²) < 4.78 is 27.3. The summed E-state index contributed by atoms with van der Waals surface area (Å²) in [5, 5.41) is 1.93. The first-order valence-electron chi connectivity index (χ1n) is 5.06. The number of nitrogens with zero attached hydrogens (tertiary/aromatic N) is 1. The number of nitrogens with two attached hydrogens (primary N) is 1. The highest BCUT2D eigenvalue weighted by molar-refractivity contribution is 7.09. The number of halogens is 2. The van der Waals surface area contributed by atoms with E-state index in [1.165, 1.54) is 4.90 Å². The second-order valence-corrected chi connectivity index (χ2v) is 4.80. The summed E-state index contributed by atoms with van der Waals surface area (Å²) in [4.78, 5) is 2.58. The Balaban J connectivity index is 2.27. The van der Waals surface area contributed by atoms with E-state index in [0.717, 1.165) is 17.0 Å². The molecule has 1 aromatic heterocycles.